The third-order valence-corrected chi connectivity index (χ3v) is 0.575. The van der Waals surface area contributed by atoms with Gasteiger partial charge in [0.05, 0.1) is 6.10 Å². The molecule has 0 aromatic heterocycles. The SMILES string of the molecule is CC(C)=CC(C)O. The molecule has 0 aromatic carbocycles. The molecule has 1 nitrogen and oxygen atoms in total. The molecule has 0 aliphatic carbocycles. The molecule has 0 aliphatic heterocycles. The highest BCUT2D eigenvalue weighted by molar-refractivity contribution is 4.95. The molecule has 1 N–H and O–H groups in total. The third-order valence-electron chi connectivity index (χ3n) is 0.575. The van der Waals surface area contributed by atoms with Crippen molar-refractivity contribution in [1.29, 1.82) is 0 Å². The molecule has 0 saturated carbocycles. The zero-order chi connectivity index (χ0) is 5.86. The van der Waals surface area contributed by atoms with E-state index in [1.807, 2.05) is 13.8 Å². The molecular formula is C6H12O. The third kappa shape index (κ3) is 5.70. The lowest BCUT2D eigenvalue weighted by atomic mass is 10.2. The predicted molar refractivity (Wildman–Crippen MR) is 31.1 cm³/mol. The van der Waals surface area contributed by atoms with E-state index in [0.29, 0.717) is 0 Å². The monoisotopic (exact) mass is 100 g/mol. The van der Waals surface area contributed by atoms with E-state index in [4.69, 9.17) is 5.11 Å². The molecule has 0 heterocycles. The van der Waals surface area contributed by atoms with E-state index in [0.717, 1.165) is 5.57 Å². The van der Waals surface area contributed by atoms with Gasteiger partial charge in [-0.1, -0.05) is 11.6 Å². The first-order chi connectivity index (χ1) is 3.13. The summed E-state index contributed by atoms with van der Waals surface area (Å²) in [6.07, 6.45) is 1.52. The van der Waals surface area contributed by atoms with E-state index < -0.39 is 0 Å². The molecule has 1 atom stereocenters. The number of allylic oxidation sites excluding steroid dienone is 1. The number of rotatable bonds is 1. The van der Waals surface area contributed by atoms with E-state index >= 15 is 0 Å². The summed E-state index contributed by atoms with van der Waals surface area (Å²) in [6.45, 7) is 5.67. The standard InChI is InChI=1S/C6H12O/c1-5(2)4-6(3)7/h4,6-7H,1-3H3. The number of aliphatic hydroxyl groups excluding tert-OH is 1. The van der Waals surface area contributed by atoms with Crippen LogP contribution in [-0.2, 0) is 0 Å². The Morgan fingerprint density at radius 2 is 2.00 bits per heavy atom. The molecule has 0 amide bonds. The number of aliphatic hydroxyl groups is 1. The molecule has 0 saturated heterocycles. The second kappa shape index (κ2) is 2.80. The Labute approximate surface area is 44.7 Å². The van der Waals surface area contributed by atoms with Crippen LogP contribution in [0.2, 0.25) is 0 Å². The van der Waals surface area contributed by atoms with Gasteiger partial charge in [-0.25, -0.2) is 0 Å². The Kier molecular flexibility index (Phi) is 2.68. The highest BCUT2D eigenvalue weighted by atomic mass is 16.3. The van der Waals surface area contributed by atoms with Gasteiger partial charge in [0.15, 0.2) is 0 Å². The lowest BCUT2D eigenvalue weighted by molar-refractivity contribution is 0.243. The van der Waals surface area contributed by atoms with E-state index in [9.17, 15) is 0 Å². The van der Waals surface area contributed by atoms with Gasteiger partial charge in [-0.15, -0.1) is 0 Å². The second-order valence-electron chi connectivity index (χ2n) is 1.98. The lowest BCUT2D eigenvalue weighted by Gasteiger charge is -1.92. The molecule has 0 aromatic rings. The van der Waals surface area contributed by atoms with Gasteiger partial charge in [0.1, 0.15) is 0 Å². The molecule has 1 unspecified atom stereocenters. The van der Waals surface area contributed by atoms with Crippen LogP contribution in [0.5, 0.6) is 0 Å². The van der Waals surface area contributed by atoms with Crippen molar-refractivity contribution < 1.29 is 5.11 Å². The summed E-state index contributed by atoms with van der Waals surface area (Å²) in [4.78, 5) is 0. The van der Waals surface area contributed by atoms with Crippen LogP contribution >= 0.6 is 0 Å². The van der Waals surface area contributed by atoms with E-state index in [-0.39, 0.29) is 6.10 Å². The fourth-order valence-electron chi connectivity index (χ4n) is 0.482. The smallest absolute Gasteiger partial charge is 0.0695 e. The van der Waals surface area contributed by atoms with Gasteiger partial charge in [-0.3, -0.25) is 0 Å². The van der Waals surface area contributed by atoms with Gasteiger partial charge >= 0.3 is 0 Å². The Hall–Kier alpha value is -0.300. The quantitative estimate of drug-likeness (QED) is 0.493. The summed E-state index contributed by atoms with van der Waals surface area (Å²) in [5, 5.41) is 8.65. The average molecular weight is 100 g/mol. The van der Waals surface area contributed by atoms with Crippen LogP contribution in [0.3, 0.4) is 0 Å². The Bertz CT molecular complexity index is 68.2. The zero-order valence-corrected chi connectivity index (χ0v) is 5.10. The van der Waals surface area contributed by atoms with Crippen molar-refractivity contribution >= 4 is 0 Å². The Morgan fingerprint density at radius 3 is 2.00 bits per heavy atom. The molecule has 0 bridgehead atoms. The molecule has 0 radical (unpaired) electrons. The molecule has 1 heteroatoms. The Morgan fingerprint density at radius 1 is 1.57 bits per heavy atom. The Balaban J connectivity index is 3.45. The van der Waals surface area contributed by atoms with E-state index in [1.165, 1.54) is 0 Å². The van der Waals surface area contributed by atoms with Crippen LogP contribution in [0.15, 0.2) is 11.6 Å². The van der Waals surface area contributed by atoms with Crippen molar-refractivity contribution in [3.8, 4) is 0 Å². The van der Waals surface area contributed by atoms with E-state index in [2.05, 4.69) is 0 Å². The maximum atomic E-state index is 8.65. The zero-order valence-electron chi connectivity index (χ0n) is 5.10. The van der Waals surface area contributed by atoms with Gasteiger partial charge in [0.2, 0.25) is 0 Å². The summed E-state index contributed by atoms with van der Waals surface area (Å²) in [5.41, 5.74) is 1.16. The van der Waals surface area contributed by atoms with Gasteiger partial charge in [0, 0.05) is 0 Å². The minimum atomic E-state index is -0.287. The molecular weight excluding hydrogens is 88.1 g/mol. The first kappa shape index (κ1) is 6.70. The van der Waals surface area contributed by atoms with Crippen molar-refractivity contribution in [3.63, 3.8) is 0 Å². The van der Waals surface area contributed by atoms with Gasteiger partial charge < -0.3 is 5.11 Å². The maximum absolute atomic E-state index is 8.65. The van der Waals surface area contributed by atoms with Crippen LogP contribution < -0.4 is 0 Å². The first-order valence-electron chi connectivity index (χ1n) is 2.46. The van der Waals surface area contributed by atoms with E-state index in [1.54, 1.807) is 13.0 Å². The largest absolute Gasteiger partial charge is 0.389 e. The first-order valence-corrected chi connectivity index (χ1v) is 2.46. The van der Waals surface area contributed by atoms with Crippen molar-refractivity contribution in [2.75, 3.05) is 0 Å². The van der Waals surface area contributed by atoms with Crippen LogP contribution in [-0.4, -0.2) is 11.2 Å². The molecule has 42 valence electrons. The van der Waals surface area contributed by atoms with Crippen molar-refractivity contribution in [1.82, 2.24) is 0 Å². The molecule has 0 aliphatic rings. The number of hydrogen-bond acceptors (Lipinski definition) is 1. The second-order valence-corrected chi connectivity index (χ2v) is 1.98. The van der Waals surface area contributed by atoms with Crippen LogP contribution in [0.1, 0.15) is 20.8 Å². The van der Waals surface area contributed by atoms with Gasteiger partial charge in [-0.05, 0) is 20.8 Å². The normalized spacial score (nSPS) is 13.1. The lowest BCUT2D eigenvalue weighted by Crippen LogP contribution is -1.92. The average Bonchev–Trinajstić information content (AvgIpc) is 1.27. The maximum Gasteiger partial charge on any atom is 0.0695 e. The minimum Gasteiger partial charge on any atom is -0.389 e. The summed E-state index contributed by atoms with van der Waals surface area (Å²) in [6, 6.07) is 0. The fourth-order valence-corrected chi connectivity index (χ4v) is 0.482. The molecule has 0 fully saturated rings. The van der Waals surface area contributed by atoms with Crippen LogP contribution in [0, 0.1) is 0 Å². The number of hydrogen-bond donors (Lipinski definition) is 1. The topological polar surface area (TPSA) is 20.2 Å². The highest BCUT2D eigenvalue weighted by Gasteiger charge is 1.83. The van der Waals surface area contributed by atoms with Crippen molar-refractivity contribution in [3.05, 3.63) is 11.6 Å². The van der Waals surface area contributed by atoms with Crippen molar-refractivity contribution in [2.24, 2.45) is 0 Å². The summed E-state index contributed by atoms with van der Waals surface area (Å²) >= 11 is 0. The molecule has 0 rings (SSSR count). The molecule has 0 spiro atoms. The van der Waals surface area contributed by atoms with Crippen molar-refractivity contribution in [2.45, 2.75) is 26.9 Å². The highest BCUT2D eigenvalue weighted by Crippen LogP contribution is 1.90. The molecule has 7 heavy (non-hydrogen) atoms. The van der Waals surface area contributed by atoms with Gasteiger partial charge in [-0.2, -0.15) is 0 Å². The van der Waals surface area contributed by atoms with Crippen LogP contribution in [0.4, 0.5) is 0 Å². The summed E-state index contributed by atoms with van der Waals surface area (Å²) in [5.74, 6) is 0. The van der Waals surface area contributed by atoms with Crippen LogP contribution in [0.25, 0.3) is 0 Å². The summed E-state index contributed by atoms with van der Waals surface area (Å²) < 4.78 is 0. The summed E-state index contributed by atoms with van der Waals surface area (Å²) in [7, 11) is 0. The fraction of sp³-hybridized carbons (Fsp3) is 0.667. The van der Waals surface area contributed by atoms with Gasteiger partial charge in [0.25, 0.3) is 0 Å². The minimum absolute atomic E-state index is 0.287. The predicted octanol–water partition coefficient (Wildman–Crippen LogP) is 1.33.